The largest absolute Gasteiger partial charge is 0.380 e. The molecular weight excluding hydrogens is 230 g/mol. The zero-order chi connectivity index (χ0) is 9.52. The Morgan fingerprint density at radius 1 is 1.46 bits per heavy atom. The Morgan fingerprint density at radius 2 is 2.31 bits per heavy atom. The van der Waals surface area contributed by atoms with Crippen LogP contribution in [0.3, 0.4) is 0 Å². The topological polar surface area (TPSA) is 12.5 Å². The second-order valence-electron chi connectivity index (χ2n) is 3.60. The summed E-state index contributed by atoms with van der Waals surface area (Å²) in [6.45, 7) is 6.54. The maximum atomic E-state index is 5.41. The van der Waals surface area contributed by atoms with Gasteiger partial charge in [-0.1, -0.05) is 29.3 Å². The lowest BCUT2D eigenvalue weighted by Crippen LogP contribution is -2.37. The minimum atomic E-state index is 0.684. The molecule has 1 fully saturated rings. The molecule has 0 radical (unpaired) electrons. The van der Waals surface area contributed by atoms with Gasteiger partial charge in [-0.05, 0) is 19.4 Å². The monoisotopic (exact) mass is 249 g/mol. The van der Waals surface area contributed by atoms with Crippen LogP contribution in [0.2, 0.25) is 0 Å². The predicted molar refractivity (Wildman–Crippen MR) is 59.5 cm³/mol. The third-order valence-corrected chi connectivity index (χ3v) is 2.95. The van der Waals surface area contributed by atoms with E-state index in [1.165, 1.54) is 25.8 Å². The van der Waals surface area contributed by atoms with Crippen LogP contribution in [0.5, 0.6) is 0 Å². The van der Waals surface area contributed by atoms with Crippen LogP contribution in [0, 0.1) is 0 Å². The van der Waals surface area contributed by atoms with E-state index in [0.717, 1.165) is 25.1 Å². The van der Waals surface area contributed by atoms with Crippen LogP contribution in [0.25, 0.3) is 0 Å². The molecule has 0 aromatic heterocycles. The number of halogens is 1. The van der Waals surface area contributed by atoms with E-state index in [9.17, 15) is 0 Å². The van der Waals surface area contributed by atoms with Crippen molar-refractivity contribution in [2.75, 3.05) is 31.6 Å². The van der Waals surface area contributed by atoms with Gasteiger partial charge < -0.3 is 4.74 Å². The molecule has 0 N–H and O–H groups in total. The average Bonchev–Trinajstić information content (AvgIpc) is 2.65. The van der Waals surface area contributed by atoms with Crippen molar-refractivity contribution in [2.45, 2.75) is 32.2 Å². The minimum absolute atomic E-state index is 0.684. The molecule has 1 heterocycles. The van der Waals surface area contributed by atoms with E-state index >= 15 is 0 Å². The van der Waals surface area contributed by atoms with Crippen LogP contribution in [0.1, 0.15) is 26.2 Å². The van der Waals surface area contributed by atoms with E-state index in [-0.39, 0.29) is 0 Å². The van der Waals surface area contributed by atoms with Crippen molar-refractivity contribution in [1.82, 2.24) is 4.90 Å². The highest BCUT2D eigenvalue weighted by atomic mass is 79.9. The van der Waals surface area contributed by atoms with Crippen molar-refractivity contribution in [3.8, 4) is 0 Å². The van der Waals surface area contributed by atoms with Crippen molar-refractivity contribution >= 4 is 15.9 Å². The fourth-order valence-corrected chi connectivity index (χ4v) is 2.21. The number of hydrogen-bond donors (Lipinski definition) is 0. The second kappa shape index (κ2) is 6.80. The van der Waals surface area contributed by atoms with E-state index in [0.29, 0.717) is 6.04 Å². The molecule has 0 aliphatic carbocycles. The lowest BCUT2D eigenvalue weighted by molar-refractivity contribution is 0.147. The van der Waals surface area contributed by atoms with Crippen LogP contribution < -0.4 is 0 Å². The molecule has 1 atom stereocenters. The molecule has 1 aliphatic rings. The van der Waals surface area contributed by atoms with Crippen molar-refractivity contribution in [2.24, 2.45) is 0 Å². The van der Waals surface area contributed by atoms with Crippen LogP contribution >= 0.6 is 15.9 Å². The molecule has 0 amide bonds. The first-order chi connectivity index (χ1) is 6.38. The molecule has 2 nitrogen and oxygen atoms in total. The Kier molecular flexibility index (Phi) is 6.00. The summed E-state index contributed by atoms with van der Waals surface area (Å²) >= 11 is 3.51. The summed E-state index contributed by atoms with van der Waals surface area (Å²) in [6.07, 6.45) is 3.81. The minimum Gasteiger partial charge on any atom is -0.380 e. The van der Waals surface area contributed by atoms with Gasteiger partial charge in [-0.25, -0.2) is 0 Å². The summed E-state index contributed by atoms with van der Waals surface area (Å²) < 4.78 is 5.41. The third kappa shape index (κ3) is 3.96. The Labute approximate surface area is 89.8 Å². The first-order valence-corrected chi connectivity index (χ1v) is 6.38. The summed E-state index contributed by atoms with van der Waals surface area (Å²) in [5.41, 5.74) is 0. The first kappa shape index (κ1) is 11.5. The van der Waals surface area contributed by atoms with Gasteiger partial charge in [0.05, 0.1) is 6.61 Å². The standard InChI is InChI=1S/C10H20BrNO/c1-2-3-6-12(7-5-11)10-4-8-13-9-10/h10H,2-9H2,1H3. The van der Waals surface area contributed by atoms with E-state index < -0.39 is 0 Å². The molecule has 1 unspecified atom stereocenters. The third-order valence-electron chi connectivity index (χ3n) is 2.59. The molecule has 0 bridgehead atoms. The van der Waals surface area contributed by atoms with Gasteiger partial charge in [0.2, 0.25) is 0 Å². The molecule has 78 valence electrons. The van der Waals surface area contributed by atoms with Gasteiger partial charge in [-0.15, -0.1) is 0 Å². The summed E-state index contributed by atoms with van der Waals surface area (Å²) in [5, 5.41) is 1.08. The predicted octanol–water partition coefficient (Wildman–Crippen LogP) is 2.27. The highest BCUT2D eigenvalue weighted by Crippen LogP contribution is 2.13. The smallest absolute Gasteiger partial charge is 0.0622 e. The van der Waals surface area contributed by atoms with Gasteiger partial charge in [0, 0.05) is 24.5 Å². The Bertz CT molecular complexity index is 126. The van der Waals surface area contributed by atoms with Gasteiger partial charge in [0.25, 0.3) is 0 Å². The molecule has 1 rings (SSSR count). The normalized spacial score (nSPS) is 22.8. The Balaban J connectivity index is 2.26. The number of nitrogens with zero attached hydrogens (tertiary/aromatic N) is 1. The number of rotatable bonds is 6. The van der Waals surface area contributed by atoms with Crippen molar-refractivity contribution < 1.29 is 4.74 Å². The van der Waals surface area contributed by atoms with Gasteiger partial charge in [0.1, 0.15) is 0 Å². The highest BCUT2D eigenvalue weighted by molar-refractivity contribution is 9.09. The van der Waals surface area contributed by atoms with Crippen LogP contribution in [0.15, 0.2) is 0 Å². The van der Waals surface area contributed by atoms with Crippen LogP contribution in [0.4, 0.5) is 0 Å². The average molecular weight is 250 g/mol. The van der Waals surface area contributed by atoms with Gasteiger partial charge in [-0.3, -0.25) is 4.90 Å². The molecule has 3 heteroatoms. The quantitative estimate of drug-likeness (QED) is 0.670. The molecule has 1 aliphatic heterocycles. The summed E-state index contributed by atoms with van der Waals surface area (Å²) in [4.78, 5) is 2.56. The molecule has 0 aromatic carbocycles. The molecule has 0 aromatic rings. The second-order valence-corrected chi connectivity index (χ2v) is 4.39. The summed E-state index contributed by atoms with van der Waals surface area (Å²) in [6, 6.07) is 0.684. The molecule has 0 spiro atoms. The van der Waals surface area contributed by atoms with Crippen molar-refractivity contribution in [3.05, 3.63) is 0 Å². The van der Waals surface area contributed by atoms with Crippen LogP contribution in [-0.4, -0.2) is 42.6 Å². The van der Waals surface area contributed by atoms with Gasteiger partial charge in [-0.2, -0.15) is 0 Å². The van der Waals surface area contributed by atoms with Gasteiger partial charge >= 0.3 is 0 Å². The number of alkyl halides is 1. The Morgan fingerprint density at radius 3 is 2.85 bits per heavy atom. The zero-order valence-corrected chi connectivity index (χ0v) is 10.1. The summed E-state index contributed by atoms with van der Waals surface area (Å²) in [7, 11) is 0. The maximum absolute atomic E-state index is 5.41. The lowest BCUT2D eigenvalue weighted by atomic mass is 10.2. The number of unbranched alkanes of at least 4 members (excludes halogenated alkanes) is 1. The van der Waals surface area contributed by atoms with E-state index in [4.69, 9.17) is 4.74 Å². The zero-order valence-electron chi connectivity index (χ0n) is 8.47. The lowest BCUT2D eigenvalue weighted by Gasteiger charge is -2.26. The molecule has 0 saturated carbocycles. The fraction of sp³-hybridized carbons (Fsp3) is 1.00. The van der Waals surface area contributed by atoms with Crippen molar-refractivity contribution in [3.63, 3.8) is 0 Å². The van der Waals surface area contributed by atoms with E-state index in [1.807, 2.05) is 0 Å². The van der Waals surface area contributed by atoms with Crippen molar-refractivity contribution in [1.29, 1.82) is 0 Å². The highest BCUT2D eigenvalue weighted by Gasteiger charge is 2.21. The van der Waals surface area contributed by atoms with E-state index in [2.05, 4.69) is 27.8 Å². The summed E-state index contributed by atoms with van der Waals surface area (Å²) in [5.74, 6) is 0. The first-order valence-electron chi connectivity index (χ1n) is 5.26. The maximum Gasteiger partial charge on any atom is 0.0622 e. The molecule has 13 heavy (non-hydrogen) atoms. The number of hydrogen-bond acceptors (Lipinski definition) is 2. The van der Waals surface area contributed by atoms with E-state index in [1.54, 1.807) is 0 Å². The van der Waals surface area contributed by atoms with Gasteiger partial charge in [0.15, 0.2) is 0 Å². The fourth-order valence-electron chi connectivity index (χ4n) is 1.76. The SMILES string of the molecule is CCCCN(CCBr)C1CCOC1. The van der Waals surface area contributed by atoms with Crippen LogP contribution in [-0.2, 0) is 4.74 Å². The number of ether oxygens (including phenoxy) is 1. The Hall–Kier alpha value is 0.400. The molecule has 1 saturated heterocycles. The molecular formula is C10H20BrNO.